The van der Waals surface area contributed by atoms with Crippen LogP contribution in [-0.4, -0.2) is 66.9 Å². The molecule has 1 saturated carbocycles. The number of esters is 1. The molecule has 0 bridgehead atoms. The number of nitrogens with one attached hydrogen (secondary N) is 5. The Kier molecular flexibility index (Phi) is 13.2. The summed E-state index contributed by atoms with van der Waals surface area (Å²) in [5.41, 5.74) is 8.06. The second-order valence-electron chi connectivity index (χ2n) is 10.5. The van der Waals surface area contributed by atoms with E-state index < -0.39 is 54.3 Å². The molecule has 4 unspecified atom stereocenters. The third-order valence-corrected chi connectivity index (χ3v) is 6.95. The van der Waals surface area contributed by atoms with Crippen LogP contribution in [0.15, 0.2) is 35.4 Å². The van der Waals surface area contributed by atoms with Gasteiger partial charge in [0.05, 0.1) is 6.54 Å². The lowest BCUT2D eigenvalue weighted by Gasteiger charge is -2.27. The van der Waals surface area contributed by atoms with Gasteiger partial charge in [-0.05, 0) is 36.7 Å². The van der Waals surface area contributed by atoms with E-state index in [-0.39, 0.29) is 30.9 Å². The van der Waals surface area contributed by atoms with E-state index in [4.69, 9.17) is 10.3 Å². The van der Waals surface area contributed by atoms with Crippen LogP contribution in [0.1, 0.15) is 58.9 Å². The van der Waals surface area contributed by atoms with Crippen molar-refractivity contribution in [1.29, 1.82) is 5.53 Å². The van der Waals surface area contributed by atoms with Gasteiger partial charge in [0.2, 0.25) is 23.6 Å². The first-order chi connectivity index (χ1) is 19.0. The molecule has 1 aromatic carbocycles. The van der Waals surface area contributed by atoms with Crippen molar-refractivity contribution in [2.75, 3.05) is 13.1 Å². The van der Waals surface area contributed by atoms with Gasteiger partial charge in [-0.2, -0.15) is 5.11 Å². The van der Waals surface area contributed by atoms with Gasteiger partial charge < -0.3 is 26.0 Å². The normalized spacial score (nSPS) is 15.9. The zero-order valence-corrected chi connectivity index (χ0v) is 23.7. The van der Waals surface area contributed by atoms with Gasteiger partial charge in [-0.15, -0.1) is 0 Å². The van der Waals surface area contributed by atoms with Gasteiger partial charge in [0.15, 0.2) is 6.04 Å². The molecule has 0 saturated heterocycles. The molecule has 1 aliphatic rings. The highest BCUT2D eigenvalue weighted by Crippen LogP contribution is 2.21. The standard InChI is InChI=1S/C28H42N6O6/c1-5-18(4)25(34-29)28(39)30-15-22(35)32-21(14-19-10-7-6-8-11-19)26(37)33-24(17(2)3)27(38)31-16-23(36)40-20-12-9-13-20/h6-8,10-11,17-18,20-21,24-25,29H,5,9,12-16H2,1-4H3,(H,30,39)(H,31,38)(H,32,35)(H,33,37). The molecule has 12 nitrogen and oxygen atoms in total. The fourth-order valence-electron chi connectivity index (χ4n) is 4.02. The van der Waals surface area contributed by atoms with Crippen LogP contribution < -0.4 is 21.3 Å². The van der Waals surface area contributed by atoms with Gasteiger partial charge in [0.1, 0.15) is 24.7 Å². The molecule has 0 heterocycles. The molecule has 220 valence electrons. The van der Waals surface area contributed by atoms with Gasteiger partial charge in [-0.3, -0.25) is 24.0 Å². The highest BCUT2D eigenvalue weighted by Gasteiger charge is 2.30. The maximum Gasteiger partial charge on any atom is 0.325 e. The summed E-state index contributed by atoms with van der Waals surface area (Å²) in [6.45, 7) is 6.46. The fourth-order valence-corrected chi connectivity index (χ4v) is 4.02. The minimum atomic E-state index is -1.05. The van der Waals surface area contributed by atoms with Crippen molar-refractivity contribution in [3.63, 3.8) is 0 Å². The van der Waals surface area contributed by atoms with Crippen LogP contribution in [0.5, 0.6) is 0 Å². The van der Waals surface area contributed by atoms with E-state index in [2.05, 4.69) is 26.4 Å². The predicted molar refractivity (Wildman–Crippen MR) is 147 cm³/mol. The summed E-state index contributed by atoms with van der Waals surface area (Å²) in [5, 5.41) is 13.7. The number of carbonyl (C=O) groups excluding carboxylic acids is 5. The van der Waals surface area contributed by atoms with Gasteiger partial charge in [-0.25, -0.2) is 5.53 Å². The Morgan fingerprint density at radius 1 is 0.950 bits per heavy atom. The monoisotopic (exact) mass is 558 g/mol. The number of ether oxygens (including phenoxy) is 1. The lowest BCUT2D eigenvalue weighted by atomic mass is 9.96. The van der Waals surface area contributed by atoms with E-state index in [0.29, 0.717) is 6.42 Å². The number of hydrogen-bond acceptors (Lipinski definition) is 8. The van der Waals surface area contributed by atoms with Crippen molar-refractivity contribution in [3.8, 4) is 0 Å². The Morgan fingerprint density at radius 3 is 2.15 bits per heavy atom. The van der Waals surface area contributed by atoms with E-state index in [1.54, 1.807) is 45.0 Å². The number of rotatable bonds is 16. The average Bonchev–Trinajstić information content (AvgIpc) is 2.91. The summed E-state index contributed by atoms with van der Waals surface area (Å²) in [4.78, 5) is 63.3. The molecule has 40 heavy (non-hydrogen) atoms. The molecule has 12 heteroatoms. The molecule has 0 aliphatic heterocycles. The molecule has 0 radical (unpaired) electrons. The number of carbonyl (C=O) groups is 5. The first kappa shape index (κ1) is 32.4. The largest absolute Gasteiger partial charge is 0.461 e. The van der Waals surface area contributed by atoms with Crippen molar-refractivity contribution in [1.82, 2.24) is 21.3 Å². The SMILES string of the molecule is CCC(C)C(N=N)C(=O)NCC(=O)NC(Cc1ccccc1)C(=O)NC(C(=O)NCC(=O)OC1CCC1)C(C)C. The minimum absolute atomic E-state index is 0.0977. The maximum atomic E-state index is 13.3. The Morgan fingerprint density at radius 2 is 1.60 bits per heavy atom. The van der Waals surface area contributed by atoms with Gasteiger partial charge >= 0.3 is 5.97 Å². The molecule has 4 atom stereocenters. The van der Waals surface area contributed by atoms with E-state index in [1.807, 2.05) is 13.0 Å². The van der Waals surface area contributed by atoms with E-state index in [0.717, 1.165) is 24.8 Å². The Bertz CT molecular complexity index is 1030. The number of nitrogens with zero attached hydrogens (tertiary/aromatic N) is 1. The van der Waals surface area contributed by atoms with Gasteiger partial charge in [-0.1, -0.05) is 64.4 Å². The highest BCUT2D eigenvalue weighted by molar-refractivity contribution is 5.94. The number of benzene rings is 1. The second kappa shape index (κ2) is 16.3. The predicted octanol–water partition coefficient (Wildman–Crippen LogP) is 1.63. The maximum absolute atomic E-state index is 13.3. The smallest absolute Gasteiger partial charge is 0.325 e. The fraction of sp³-hybridized carbons (Fsp3) is 0.607. The molecule has 1 aromatic rings. The number of hydrogen-bond donors (Lipinski definition) is 5. The van der Waals surface area contributed by atoms with Crippen LogP contribution in [0.3, 0.4) is 0 Å². The Labute approximate surface area is 235 Å². The van der Waals surface area contributed by atoms with Crippen molar-refractivity contribution < 1.29 is 28.7 Å². The van der Waals surface area contributed by atoms with Crippen molar-refractivity contribution in [2.24, 2.45) is 17.0 Å². The zero-order valence-electron chi connectivity index (χ0n) is 23.7. The summed E-state index contributed by atoms with van der Waals surface area (Å²) >= 11 is 0. The van der Waals surface area contributed by atoms with Crippen LogP contribution in [0, 0.1) is 17.4 Å². The Hall–Kier alpha value is -3.83. The minimum Gasteiger partial charge on any atom is -0.461 e. The molecule has 2 rings (SSSR count). The second-order valence-corrected chi connectivity index (χ2v) is 10.5. The van der Waals surface area contributed by atoms with E-state index in [1.165, 1.54) is 0 Å². The molecule has 1 fully saturated rings. The first-order valence-electron chi connectivity index (χ1n) is 13.8. The van der Waals surface area contributed by atoms with Crippen molar-refractivity contribution in [2.45, 2.75) is 84.0 Å². The van der Waals surface area contributed by atoms with Crippen LogP contribution >= 0.6 is 0 Å². The lowest BCUT2D eigenvalue weighted by molar-refractivity contribution is -0.152. The van der Waals surface area contributed by atoms with Crippen molar-refractivity contribution in [3.05, 3.63) is 35.9 Å². The highest BCUT2D eigenvalue weighted by atomic mass is 16.5. The molecular formula is C28H42N6O6. The zero-order chi connectivity index (χ0) is 29.7. The van der Waals surface area contributed by atoms with Crippen LogP contribution in [0.25, 0.3) is 0 Å². The van der Waals surface area contributed by atoms with Gasteiger partial charge in [0.25, 0.3) is 0 Å². The summed E-state index contributed by atoms with van der Waals surface area (Å²) in [7, 11) is 0. The lowest BCUT2D eigenvalue weighted by Crippen LogP contribution is -2.57. The summed E-state index contributed by atoms with van der Waals surface area (Å²) in [5.74, 6) is -3.30. The molecule has 4 amide bonds. The third-order valence-electron chi connectivity index (χ3n) is 6.95. The average molecular weight is 559 g/mol. The molecular weight excluding hydrogens is 516 g/mol. The Balaban J connectivity index is 2.03. The van der Waals surface area contributed by atoms with Crippen molar-refractivity contribution >= 4 is 29.6 Å². The van der Waals surface area contributed by atoms with Gasteiger partial charge in [0, 0.05) is 6.42 Å². The topological polar surface area (TPSA) is 179 Å². The van der Waals surface area contributed by atoms with Crippen LogP contribution in [0.2, 0.25) is 0 Å². The third kappa shape index (κ3) is 10.4. The molecule has 5 N–H and O–H groups in total. The summed E-state index contributed by atoms with van der Waals surface area (Å²) in [6.07, 6.45) is 3.33. The first-order valence-corrected chi connectivity index (χ1v) is 13.8. The van der Waals surface area contributed by atoms with E-state index >= 15 is 0 Å². The summed E-state index contributed by atoms with van der Waals surface area (Å²) in [6, 6.07) is 6.13. The van der Waals surface area contributed by atoms with E-state index in [9.17, 15) is 24.0 Å². The summed E-state index contributed by atoms with van der Waals surface area (Å²) < 4.78 is 5.25. The van der Waals surface area contributed by atoms with Crippen LogP contribution in [-0.2, 0) is 35.1 Å². The quantitative estimate of drug-likeness (QED) is 0.152. The molecule has 1 aliphatic carbocycles. The number of amides is 4. The molecule has 0 spiro atoms. The molecule has 0 aromatic heterocycles. The van der Waals surface area contributed by atoms with Crippen LogP contribution in [0.4, 0.5) is 0 Å².